The maximum Gasteiger partial charge on any atom is 0.490 e. The fourth-order valence-electron chi connectivity index (χ4n) is 2.44. The van der Waals surface area contributed by atoms with E-state index in [-0.39, 0.29) is 11.3 Å². The molecular weight excluding hydrogens is 465 g/mol. The Hall–Kier alpha value is -3.35. The number of aryl methyl sites for hydroxylation is 1. The molecule has 0 spiro atoms. The van der Waals surface area contributed by atoms with E-state index >= 15 is 0 Å². The van der Waals surface area contributed by atoms with Gasteiger partial charge < -0.3 is 20.9 Å². The van der Waals surface area contributed by atoms with Gasteiger partial charge >= 0.3 is 24.3 Å². The van der Waals surface area contributed by atoms with Gasteiger partial charge in [0.2, 0.25) is 0 Å². The fraction of sp³-hybridized carbons (Fsp3) is 0.300. The summed E-state index contributed by atoms with van der Waals surface area (Å²) in [4.78, 5) is 20.8. The number of rotatable bonds is 6. The van der Waals surface area contributed by atoms with Crippen molar-refractivity contribution in [3.63, 3.8) is 0 Å². The number of carbonyl (C=O) groups excluding carboxylic acids is 1. The summed E-state index contributed by atoms with van der Waals surface area (Å²) in [7, 11) is 1.08. The van der Waals surface area contributed by atoms with Crippen molar-refractivity contribution in [1.29, 1.82) is 0 Å². The molecule has 13 heteroatoms. The number of alkyl halides is 6. The van der Waals surface area contributed by atoms with Gasteiger partial charge in [0.15, 0.2) is 0 Å². The van der Waals surface area contributed by atoms with E-state index in [1.54, 1.807) is 0 Å². The van der Waals surface area contributed by atoms with Crippen molar-refractivity contribution < 1.29 is 50.2 Å². The molecule has 6 nitrogen and oxygen atoms in total. The summed E-state index contributed by atoms with van der Waals surface area (Å²) in [6, 6.07) is 6.72. The number of methoxy groups -OCH3 is 1. The first-order valence-corrected chi connectivity index (χ1v) is 9.05. The van der Waals surface area contributed by atoms with Crippen molar-refractivity contribution in [2.24, 2.45) is 5.73 Å². The highest BCUT2D eigenvalue weighted by Gasteiger charge is 2.38. The topological polar surface area (TPSA) is 102 Å². The molecule has 0 radical (unpaired) electrons. The molecule has 0 aliphatic rings. The third-order valence-electron chi connectivity index (χ3n) is 3.98. The number of nitrogens with one attached hydrogen (secondary N) is 1. The van der Waals surface area contributed by atoms with Gasteiger partial charge in [-0.1, -0.05) is 0 Å². The molecule has 0 bridgehead atoms. The monoisotopic (exact) mass is 484 g/mol. The Bertz CT molecular complexity index is 976. The zero-order chi connectivity index (χ0) is 25.4. The number of benzene rings is 2. The first-order chi connectivity index (χ1) is 15.2. The number of carboxylic acid groups (broad SMARTS) is 1. The van der Waals surface area contributed by atoms with E-state index in [0.29, 0.717) is 30.6 Å². The Balaban J connectivity index is 0.000000675. The molecule has 0 heterocycles. The third kappa shape index (κ3) is 8.60. The SMILES string of the molecule is COC(=O)c1cc(C(F)(F)F)ccc1Nc1ccc(F)cc1CCCN.O=C(O)C(F)(F)F. The minimum atomic E-state index is -5.08. The number of esters is 1. The number of hydrogen-bond acceptors (Lipinski definition) is 5. The maximum absolute atomic E-state index is 13.5. The van der Waals surface area contributed by atoms with Crippen LogP contribution in [0.25, 0.3) is 0 Å². The highest BCUT2D eigenvalue weighted by Crippen LogP contribution is 2.33. The highest BCUT2D eigenvalue weighted by atomic mass is 19.4. The Morgan fingerprint density at radius 2 is 1.61 bits per heavy atom. The molecule has 4 N–H and O–H groups in total. The van der Waals surface area contributed by atoms with Crippen LogP contribution < -0.4 is 11.1 Å². The van der Waals surface area contributed by atoms with Gasteiger partial charge in [-0.3, -0.25) is 0 Å². The third-order valence-corrected chi connectivity index (χ3v) is 3.98. The van der Waals surface area contributed by atoms with Crippen LogP contribution in [0, 0.1) is 5.82 Å². The van der Waals surface area contributed by atoms with Crippen molar-refractivity contribution in [2.75, 3.05) is 19.0 Å². The van der Waals surface area contributed by atoms with Crippen LogP contribution in [0.5, 0.6) is 0 Å². The fourth-order valence-corrected chi connectivity index (χ4v) is 2.44. The number of hydrogen-bond donors (Lipinski definition) is 3. The molecule has 0 saturated heterocycles. The first kappa shape index (κ1) is 27.7. The molecule has 0 saturated carbocycles. The predicted molar refractivity (Wildman–Crippen MR) is 104 cm³/mol. The van der Waals surface area contributed by atoms with Crippen molar-refractivity contribution in [1.82, 2.24) is 0 Å². The second-order valence-electron chi connectivity index (χ2n) is 6.37. The Morgan fingerprint density at radius 1 is 1.03 bits per heavy atom. The molecule has 2 rings (SSSR count). The lowest BCUT2D eigenvalue weighted by Crippen LogP contribution is -2.21. The minimum absolute atomic E-state index is 0.130. The van der Waals surface area contributed by atoms with Crippen LogP contribution in [0.4, 0.5) is 42.1 Å². The lowest BCUT2D eigenvalue weighted by Gasteiger charge is -2.16. The van der Waals surface area contributed by atoms with Crippen molar-refractivity contribution >= 4 is 23.3 Å². The molecule has 182 valence electrons. The normalized spacial score (nSPS) is 11.3. The molecule has 2 aromatic carbocycles. The number of nitrogens with two attached hydrogens (primary N) is 1. The molecule has 0 amide bonds. The van der Waals surface area contributed by atoms with E-state index in [9.17, 15) is 35.5 Å². The van der Waals surface area contributed by atoms with Crippen LogP contribution in [0.2, 0.25) is 0 Å². The van der Waals surface area contributed by atoms with E-state index in [2.05, 4.69) is 10.1 Å². The van der Waals surface area contributed by atoms with Crippen LogP contribution in [-0.4, -0.2) is 36.9 Å². The van der Waals surface area contributed by atoms with Gasteiger partial charge in [0.25, 0.3) is 0 Å². The highest BCUT2D eigenvalue weighted by molar-refractivity contribution is 5.97. The Labute approximate surface area is 183 Å². The van der Waals surface area contributed by atoms with Gasteiger partial charge in [0, 0.05) is 5.69 Å². The summed E-state index contributed by atoms with van der Waals surface area (Å²) in [5, 5.41) is 10.0. The second kappa shape index (κ2) is 11.5. The molecule has 0 fully saturated rings. The molecule has 0 aliphatic carbocycles. The summed E-state index contributed by atoms with van der Waals surface area (Å²) in [5.74, 6) is -4.11. The summed E-state index contributed by atoms with van der Waals surface area (Å²) in [5.41, 5.74) is 5.45. The van der Waals surface area contributed by atoms with Crippen molar-refractivity contribution in [2.45, 2.75) is 25.2 Å². The van der Waals surface area contributed by atoms with Gasteiger partial charge in [-0.15, -0.1) is 0 Å². The second-order valence-corrected chi connectivity index (χ2v) is 6.37. The molecule has 0 atom stereocenters. The quantitative estimate of drug-likeness (QED) is 0.398. The van der Waals surface area contributed by atoms with Crippen LogP contribution in [0.1, 0.15) is 27.9 Å². The van der Waals surface area contributed by atoms with E-state index in [4.69, 9.17) is 15.6 Å². The van der Waals surface area contributed by atoms with Crippen LogP contribution in [0.3, 0.4) is 0 Å². The number of ether oxygens (including phenoxy) is 1. The summed E-state index contributed by atoms with van der Waals surface area (Å²) < 4.78 is 88.6. The van der Waals surface area contributed by atoms with E-state index in [1.807, 2.05) is 0 Å². The van der Waals surface area contributed by atoms with Crippen LogP contribution in [0.15, 0.2) is 36.4 Å². The van der Waals surface area contributed by atoms with Crippen LogP contribution >= 0.6 is 0 Å². The number of anilines is 2. The molecule has 2 aromatic rings. The Morgan fingerprint density at radius 3 is 2.09 bits per heavy atom. The summed E-state index contributed by atoms with van der Waals surface area (Å²) >= 11 is 0. The predicted octanol–water partition coefficient (Wildman–Crippen LogP) is 4.90. The summed E-state index contributed by atoms with van der Waals surface area (Å²) in [6.45, 7) is 0.406. The molecule has 0 aromatic heterocycles. The largest absolute Gasteiger partial charge is 0.490 e. The lowest BCUT2D eigenvalue weighted by molar-refractivity contribution is -0.192. The number of halogens is 7. The van der Waals surface area contributed by atoms with Gasteiger partial charge in [-0.05, 0) is 61.3 Å². The standard InChI is InChI=1S/C18H18F4N2O2.C2HF3O2/c1-26-17(25)14-10-12(18(20,21)22)4-6-16(14)24-15-7-5-13(19)9-11(15)3-2-8-23;3-2(4,5)1(6)7/h4-7,9-10,24H,2-3,8,23H2,1H3;(H,6,7). The minimum Gasteiger partial charge on any atom is -0.475 e. The number of carboxylic acids is 1. The van der Waals surface area contributed by atoms with Gasteiger partial charge in [0.05, 0.1) is 23.9 Å². The molecular formula is C20H19F7N2O4. The van der Waals surface area contributed by atoms with E-state index in [0.717, 1.165) is 25.3 Å². The molecule has 33 heavy (non-hydrogen) atoms. The van der Waals surface area contributed by atoms with E-state index < -0.39 is 35.7 Å². The van der Waals surface area contributed by atoms with Crippen molar-refractivity contribution in [3.8, 4) is 0 Å². The molecule has 0 unspecified atom stereocenters. The van der Waals surface area contributed by atoms with Gasteiger partial charge in [-0.25, -0.2) is 14.0 Å². The number of aliphatic carboxylic acids is 1. The van der Waals surface area contributed by atoms with Gasteiger partial charge in [0.1, 0.15) is 5.82 Å². The Kier molecular flexibility index (Phi) is 9.64. The average molecular weight is 484 g/mol. The van der Waals surface area contributed by atoms with Crippen molar-refractivity contribution in [3.05, 3.63) is 58.9 Å². The average Bonchev–Trinajstić information content (AvgIpc) is 2.72. The first-order valence-electron chi connectivity index (χ1n) is 9.05. The van der Waals surface area contributed by atoms with E-state index in [1.165, 1.54) is 18.2 Å². The zero-order valence-corrected chi connectivity index (χ0v) is 17.0. The lowest BCUT2D eigenvalue weighted by atomic mass is 10.0. The van der Waals surface area contributed by atoms with Gasteiger partial charge in [-0.2, -0.15) is 26.3 Å². The zero-order valence-electron chi connectivity index (χ0n) is 17.0. The smallest absolute Gasteiger partial charge is 0.475 e. The summed E-state index contributed by atoms with van der Waals surface area (Å²) in [6.07, 6.45) is -8.59. The number of carbonyl (C=O) groups is 2. The maximum atomic E-state index is 13.5. The van der Waals surface area contributed by atoms with Crippen LogP contribution in [-0.2, 0) is 22.1 Å². The molecule has 0 aliphatic heterocycles.